The minimum atomic E-state index is -1.33. The van der Waals surface area contributed by atoms with E-state index in [9.17, 15) is 19.5 Å². The third-order valence-corrected chi connectivity index (χ3v) is 8.34. The Morgan fingerprint density at radius 2 is 1.74 bits per heavy atom. The fraction of sp³-hybridized carbons (Fsp3) is 0.290. The fourth-order valence-corrected chi connectivity index (χ4v) is 5.51. The van der Waals surface area contributed by atoms with Crippen molar-refractivity contribution in [2.75, 3.05) is 11.9 Å². The van der Waals surface area contributed by atoms with Crippen molar-refractivity contribution in [3.8, 4) is 0 Å². The number of aliphatic imine (C=N–C) groups is 1. The molecular weight excluding hydrogens is 601 g/mol. The summed E-state index contributed by atoms with van der Waals surface area (Å²) in [6.07, 6.45) is 0.873. The summed E-state index contributed by atoms with van der Waals surface area (Å²) in [5.74, 6) is -2.62. The normalized spacial score (nSPS) is 18.0. The molecular formula is C31H30Cl3N3O5. The summed E-state index contributed by atoms with van der Waals surface area (Å²) < 4.78 is 0. The van der Waals surface area contributed by atoms with Gasteiger partial charge in [-0.1, -0.05) is 71.2 Å². The Morgan fingerprint density at radius 1 is 1.00 bits per heavy atom. The summed E-state index contributed by atoms with van der Waals surface area (Å²) in [5, 5.41) is 23.3. The molecule has 1 aliphatic rings. The van der Waals surface area contributed by atoms with Crippen LogP contribution < -0.4 is 5.32 Å². The molecule has 3 aromatic rings. The summed E-state index contributed by atoms with van der Waals surface area (Å²) in [5.41, 5.74) is 1.76. The van der Waals surface area contributed by atoms with E-state index in [0.717, 1.165) is 12.0 Å². The Balaban J connectivity index is 1.70. The lowest BCUT2D eigenvalue weighted by atomic mass is 9.95. The molecule has 1 heterocycles. The minimum Gasteiger partial charge on any atom is -0.481 e. The first-order valence-corrected chi connectivity index (χ1v) is 14.5. The molecule has 42 heavy (non-hydrogen) atoms. The van der Waals surface area contributed by atoms with Crippen molar-refractivity contribution in [3.63, 3.8) is 0 Å². The zero-order valence-electron chi connectivity index (χ0n) is 22.8. The van der Waals surface area contributed by atoms with Crippen LogP contribution in [0, 0.1) is 0 Å². The van der Waals surface area contributed by atoms with Gasteiger partial charge in [-0.05, 0) is 68.6 Å². The van der Waals surface area contributed by atoms with E-state index in [1.807, 2.05) is 19.1 Å². The number of carbonyl (C=O) groups is 3. The summed E-state index contributed by atoms with van der Waals surface area (Å²) in [6.45, 7) is 3.09. The van der Waals surface area contributed by atoms with Crippen LogP contribution in [0.25, 0.3) is 0 Å². The molecule has 220 valence electrons. The minimum absolute atomic E-state index is 0.203. The van der Waals surface area contributed by atoms with Crippen LogP contribution in [-0.2, 0) is 20.9 Å². The lowest BCUT2D eigenvalue weighted by Gasteiger charge is -2.34. The van der Waals surface area contributed by atoms with Gasteiger partial charge in [0.25, 0.3) is 0 Å². The van der Waals surface area contributed by atoms with Crippen LogP contribution in [-0.4, -0.2) is 56.8 Å². The van der Waals surface area contributed by atoms with E-state index in [2.05, 4.69) is 15.2 Å². The van der Waals surface area contributed by atoms with Gasteiger partial charge in [0.05, 0.1) is 27.0 Å². The first kappa shape index (κ1) is 31.5. The Hall–Kier alpha value is -3.43. The number of hydrogen-bond acceptors (Lipinski definition) is 5. The number of carbonyl (C=O) groups excluding carboxylic acids is 1. The lowest BCUT2D eigenvalue weighted by molar-refractivity contribution is -0.139. The van der Waals surface area contributed by atoms with Crippen LogP contribution in [0.4, 0.5) is 5.69 Å². The smallest absolute Gasteiger partial charge is 0.328 e. The molecule has 0 unspecified atom stereocenters. The summed E-state index contributed by atoms with van der Waals surface area (Å²) in [4.78, 5) is 43.8. The average Bonchev–Trinajstić information content (AvgIpc) is 3.33. The number of aliphatic carboxylic acids is 2. The number of rotatable bonds is 11. The number of benzene rings is 3. The SMILES string of the molecule is C[C@@]1(C(=O)Nc2ccc(Cl)cc2C(=N[C@H](CCC(=O)O)C(=O)O)c2ccccc2)CCCN1Cc1ccc(Cl)c(Cl)c1. The zero-order chi connectivity index (χ0) is 30.4. The third kappa shape index (κ3) is 7.50. The van der Waals surface area contributed by atoms with Crippen molar-refractivity contribution >= 4 is 64.0 Å². The number of amides is 1. The molecule has 1 saturated heterocycles. The standard InChI is InChI=1S/C31H30Cl3N3O5/c1-31(14-5-15-37(31)18-19-8-10-23(33)24(34)16-19)30(42)36-25-11-9-21(32)17-22(25)28(20-6-3-2-4-7-20)35-26(29(40)41)12-13-27(38)39/h2-4,6-11,16-17,26H,5,12-15,18H2,1H3,(H,36,42)(H,38,39)(H,40,41)/t26-,31+/m1/s1. The van der Waals surface area contributed by atoms with Gasteiger partial charge in [-0.15, -0.1) is 0 Å². The van der Waals surface area contributed by atoms with Gasteiger partial charge < -0.3 is 15.5 Å². The lowest BCUT2D eigenvalue weighted by Crippen LogP contribution is -2.50. The Labute approximate surface area is 258 Å². The molecule has 0 saturated carbocycles. The van der Waals surface area contributed by atoms with Crippen LogP contribution in [0.3, 0.4) is 0 Å². The number of halogens is 3. The first-order valence-electron chi connectivity index (χ1n) is 13.4. The third-order valence-electron chi connectivity index (χ3n) is 7.37. The quantitative estimate of drug-likeness (QED) is 0.201. The molecule has 0 spiro atoms. The van der Waals surface area contributed by atoms with Crippen molar-refractivity contribution in [1.82, 2.24) is 4.90 Å². The topological polar surface area (TPSA) is 119 Å². The molecule has 2 atom stereocenters. The maximum absolute atomic E-state index is 13.9. The number of anilines is 1. The Bertz CT molecular complexity index is 1510. The molecule has 0 aliphatic carbocycles. The van der Waals surface area contributed by atoms with E-state index >= 15 is 0 Å². The van der Waals surface area contributed by atoms with Gasteiger partial charge in [0.1, 0.15) is 6.04 Å². The van der Waals surface area contributed by atoms with Gasteiger partial charge >= 0.3 is 11.9 Å². The van der Waals surface area contributed by atoms with Crippen molar-refractivity contribution in [2.45, 2.75) is 50.7 Å². The van der Waals surface area contributed by atoms with E-state index in [4.69, 9.17) is 39.9 Å². The van der Waals surface area contributed by atoms with Crippen LogP contribution >= 0.6 is 34.8 Å². The second-order valence-electron chi connectivity index (χ2n) is 10.3. The molecule has 0 bridgehead atoms. The Morgan fingerprint density at radius 3 is 2.40 bits per heavy atom. The monoisotopic (exact) mass is 629 g/mol. The number of carboxylic acid groups (broad SMARTS) is 2. The summed E-state index contributed by atoms with van der Waals surface area (Å²) >= 11 is 18.7. The molecule has 4 rings (SSSR count). The molecule has 8 nitrogen and oxygen atoms in total. The number of hydrogen-bond donors (Lipinski definition) is 3. The van der Waals surface area contributed by atoms with E-state index in [-0.39, 0.29) is 24.5 Å². The highest BCUT2D eigenvalue weighted by Crippen LogP contribution is 2.34. The van der Waals surface area contributed by atoms with Gasteiger partial charge in [0, 0.05) is 29.1 Å². The van der Waals surface area contributed by atoms with Crippen molar-refractivity contribution in [1.29, 1.82) is 0 Å². The van der Waals surface area contributed by atoms with E-state index in [0.29, 0.717) is 51.4 Å². The number of nitrogens with one attached hydrogen (secondary N) is 1. The number of likely N-dealkylation sites (tertiary alicyclic amines) is 1. The second kappa shape index (κ2) is 13.7. The average molecular weight is 631 g/mol. The molecule has 1 amide bonds. The number of nitrogens with zero attached hydrogens (tertiary/aromatic N) is 2. The maximum atomic E-state index is 13.9. The number of carboxylic acids is 2. The van der Waals surface area contributed by atoms with Crippen LogP contribution in [0.1, 0.15) is 49.3 Å². The van der Waals surface area contributed by atoms with E-state index in [1.165, 1.54) is 0 Å². The summed E-state index contributed by atoms with van der Waals surface area (Å²) in [7, 11) is 0. The van der Waals surface area contributed by atoms with Crippen molar-refractivity contribution in [2.24, 2.45) is 4.99 Å². The molecule has 0 radical (unpaired) electrons. The zero-order valence-corrected chi connectivity index (χ0v) is 25.1. The predicted octanol–water partition coefficient (Wildman–Crippen LogP) is 6.80. The molecule has 1 aliphatic heterocycles. The highest BCUT2D eigenvalue weighted by Gasteiger charge is 2.43. The molecule has 0 aromatic heterocycles. The Kier molecular flexibility index (Phi) is 10.3. The van der Waals surface area contributed by atoms with Crippen LogP contribution in [0.2, 0.25) is 15.1 Å². The van der Waals surface area contributed by atoms with E-state index in [1.54, 1.807) is 54.6 Å². The maximum Gasteiger partial charge on any atom is 0.328 e. The van der Waals surface area contributed by atoms with Gasteiger partial charge in [-0.25, -0.2) is 4.79 Å². The largest absolute Gasteiger partial charge is 0.481 e. The van der Waals surface area contributed by atoms with E-state index < -0.39 is 23.5 Å². The molecule has 3 N–H and O–H groups in total. The first-order chi connectivity index (χ1) is 20.0. The van der Waals surface area contributed by atoms with Crippen LogP contribution in [0.15, 0.2) is 71.7 Å². The van der Waals surface area contributed by atoms with Crippen LogP contribution in [0.5, 0.6) is 0 Å². The second-order valence-corrected chi connectivity index (χ2v) is 11.6. The fourth-order valence-electron chi connectivity index (χ4n) is 5.02. The summed E-state index contributed by atoms with van der Waals surface area (Å²) in [6, 6.07) is 17.9. The van der Waals surface area contributed by atoms with Gasteiger partial charge in [-0.3, -0.25) is 19.5 Å². The molecule has 11 heteroatoms. The predicted molar refractivity (Wildman–Crippen MR) is 165 cm³/mol. The highest BCUT2D eigenvalue weighted by atomic mass is 35.5. The van der Waals surface area contributed by atoms with Gasteiger partial charge in [-0.2, -0.15) is 0 Å². The molecule has 1 fully saturated rings. The van der Waals surface area contributed by atoms with Crippen molar-refractivity contribution < 1.29 is 24.6 Å². The van der Waals surface area contributed by atoms with Gasteiger partial charge in [0.15, 0.2) is 0 Å². The van der Waals surface area contributed by atoms with Gasteiger partial charge in [0.2, 0.25) is 5.91 Å². The highest BCUT2D eigenvalue weighted by molar-refractivity contribution is 6.42. The molecule has 3 aromatic carbocycles. The van der Waals surface area contributed by atoms with Crippen molar-refractivity contribution in [3.05, 3.63) is 98.5 Å².